The van der Waals surface area contributed by atoms with E-state index in [1.807, 2.05) is 0 Å². The molecule has 0 aliphatic carbocycles. The van der Waals surface area contributed by atoms with Crippen molar-refractivity contribution in [1.82, 2.24) is 0 Å². The Morgan fingerprint density at radius 2 is 1.63 bits per heavy atom. The van der Waals surface area contributed by atoms with Crippen LogP contribution in [-0.4, -0.2) is 18.7 Å². The summed E-state index contributed by atoms with van der Waals surface area (Å²) in [4.78, 5) is 11.4. The number of carbonyl (C=O) groups excluding carboxylic acids is 1. The van der Waals surface area contributed by atoms with Gasteiger partial charge >= 0.3 is 64.5 Å². The van der Waals surface area contributed by atoms with Crippen molar-refractivity contribution in [3.8, 4) is 0 Å². The standard InChI is InChI=1S/C11H14BF3NO2.K/c1-11(2,3)18-10(17)16-9-6-4-8(5-7-9)12(13,14)15;/h4-7H,1-3H3,(H,16,17);/q-1;+1. The van der Waals surface area contributed by atoms with E-state index in [-0.39, 0.29) is 57.1 Å². The fourth-order valence-corrected chi connectivity index (χ4v) is 1.21. The monoisotopic (exact) mass is 299 g/mol. The Morgan fingerprint density at radius 1 is 1.16 bits per heavy atom. The topological polar surface area (TPSA) is 38.3 Å². The second kappa shape index (κ2) is 7.12. The molecule has 1 amide bonds. The maximum atomic E-state index is 12.4. The van der Waals surface area contributed by atoms with E-state index in [9.17, 15) is 17.7 Å². The molecule has 0 bridgehead atoms. The molecule has 8 heteroatoms. The molecule has 0 saturated heterocycles. The zero-order valence-corrected chi connectivity index (χ0v) is 14.5. The summed E-state index contributed by atoms with van der Waals surface area (Å²) < 4.78 is 42.0. The summed E-state index contributed by atoms with van der Waals surface area (Å²) in [5, 5.41) is 2.36. The van der Waals surface area contributed by atoms with E-state index in [1.54, 1.807) is 20.8 Å². The molecule has 0 radical (unpaired) electrons. The Kier molecular flexibility index (Phi) is 7.12. The molecule has 19 heavy (non-hydrogen) atoms. The third-order valence-corrected chi connectivity index (χ3v) is 1.93. The third kappa shape index (κ3) is 7.36. The summed E-state index contributed by atoms with van der Waals surface area (Å²) in [7, 11) is 0. The van der Waals surface area contributed by atoms with Gasteiger partial charge in [-0.2, -0.15) is 0 Å². The summed E-state index contributed by atoms with van der Waals surface area (Å²) in [5.74, 6) is 0. The predicted molar refractivity (Wildman–Crippen MR) is 65.0 cm³/mol. The van der Waals surface area contributed by atoms with Crippen molar-refractivity contribution in [1.29, 1.82) is 0 Å². The van der Waals surface area contributed by atoms with E-state index < -0.39 is 24.1 Å². The quantitative estimate of drug-likeness (QED) is 0.786. The fourth-order valence-electron chi connectivity index (χ4n) is 1.21. The van der Waals surface area contributed by atoms with Crippen LogP contribution in [0.4, 0.5) is 23.4 Å². The Morgan fingerprint density at radius 3 is 2.00 bits per heavy atom. The molecule has 0 heterocycles. The first-order chi connectivity index (χ1) is 8.08. The number of hydrogen-bond donors (Lipinski definition) is 1. The summed E-state index contributed by atoms with van der Waals surface area (Å²) in [6, 6.07) is 4.22. The van der Waals surface area contributed by atoms with Gasteiger partial charge in [-0.25, -0.2) is 4.79 Å². The maximum absolute atomic E-state index is 12.4. The molecule has 0 fully saturated rings. The van der Waals surface area contributed by atoms with Crippen LogP contribution < -0.4 is 62.2 Å². The summed E-state index contributed by atoms with van der Waals surface area (Å²) in [6.07, 6.45) is -0.701. The number of rotatable bonds is 2. The van der Waals surface area contributed by atoms with Crippen LogP contribution in [0.1, 0.15) is 20.8 Å². The van der Waals surface area contributed by atoms with Gasteiger partial charge in [-0.3, -0.25) is 5.32 Å². The van der Waals surface area contributed by atoms with Crippen LogP contribution in [0.5, 0.6) is 0 Å². The molecule has 0 spiro atoms. The van der Waals surface area contributed by atoms with Gasteiger partial charge in [0.2, 0.25) is 0 Å². The molecule has 1 N–H and O–H groups in total. The second-order valence-electron chi connectivity index (χ2n) is 4.82. The molecule has 0 aliphatic heterocycles. The number of benzene rings is 1. The average Bonchev–Trinajstić information content (AvgIpc) is 2.13. The van der Waals surface area contributed by atoms with Crippen LogP contribution >= 0.6 is 0 Å². The minimum absolute atomic E-state index is 0. The van der Waals surface area contributed by atoms with E-state index in [2.05, 4.69) is 5.32 Å². The average molecular weight is 299 g/mol. The van der Waals surface area contributed by atoms with Crippen LogP contribution in [0.25, 0.3) is 0 Å². The van der Waals surface area contributed by atoms with Crippen LogP contribution in [0.3, 0.4) is 0 Å². The molecule has 100 valence electrons. The number of carbonyl (C=O) groups is 1. The SMILES string of the molecule is CC(C)(C)OC(=O)Nc1ccc([B-](F)(F)F)cc1.[K+]. The molecule has 3 nitrogen and oxygen atoms in total. The van der Waals surface area contributed by atoms with Gasteiger partial charge in [-0.15, -0.1) is 5.46 Å². The first-order valence-corrected chi connectivity index (χ1v) is 5.38. The maximum Gasteiger partial charge on any atom is 1.00 e. The molecule has 0 aliphatic rings. The number of nitrogens with one attached hydrogen (secondary N) is 1. The minimum atomic E-state index is -5.01. The molecule has 1 aromatic rings. The predicted octanol–water partition coefficient (Wildman–Crippen LogP) is 0.0920. The van der Waals surface area contributed by atoms with Gasteiger partial charge in [0, 0.05) is 5.69 Å². The van der Waals surface area contributed by atoms with Crippen molar-refractivity contribution in [2.45, 2.75) is 26.4 Å². The van der Waals surface area contributed by atoms with Gasteiger partial charge in [-0.1, -0.05) is 12.1 Å². The third-order valence-electron chi connectivity index (χ3n) is 1.93. The van der Waals surface area contributed by atoms with E-state index in [0.29, 0.717) is 0 Å². The van der Waals surface area contributed by atoms with Crippen LogP contribution in [-0.2, 0) is 4.74 Å². The molecule has 0 aromatic heterocycles. The summed E-state index contributed by atoms with van der Waals surface area (Å²) in [5.41, 5.74) is -1.10. The first kappa shape index (κ1) is 19.0. The van der Waals surface area contributed by atoms with Crippen molar-refractivity contribution in [2.24, 2.45) is 0 Å². The number of halogens is 3. The van der Waals surface area contributed by atoms with Crippen molar-refractivity contribution in [3.05, 3.63) is 24.3 Å². The summed E-state index contributed by atoms with van der Waals surface area (Å²) >= 11 is 0. The van der Waals surface area contributed by atoms with Crippen molar-refractivity contribution >= 4 is 24.2 Å². The molecular weight excluding hydrogens is 285 g/mol. The van der Waals surface area contributed by atoms with Crippen LogP contribution in [0.2, 0.25) is 0 Å². The number of amides is 1. The zero-order valence-electron chi connectivity index (χ0n) is 11.3. The smallest absolute Gasteiger partial charge is 0.445 e. The second-order valence-corrected chi connectivity index (χ2v) is 4.82. The molecule has 1 rings (SSSR count). The van der Waals surface area contributed by atoms with Crippen LogP contribution in [0, 0.1) is 0 Å². The summed E-state index contributed by atoms with van der Waals surface area (Å²) in [6.45, 7) is 0.0771. The molecular formula is C11H14BF3KNO2. The minimum Gasteiger partial charge on any atom is -0.445 e. The van der Waals surface area contributed by atoms with Crippen LogP contribution in [0.15, 0.2) is 24.3 Å². The van der Waals surface area contributed by atoms with Gasteiger partial charge in [0.1, 0.15) is 5.60 Å². The molecule has 0 unspecified atom stereocenters. The van der Waals surface area contributed by atoms with E-state index in [4.69, 9.17) is 4.74 Å². The number of anilines is 1. The van der Waals surface area contributed by atoms with Crippen molar-refractivity contribution in [3.63, 3.8) is 0 Å². The Hall–Kier alpha value is -0.0187. The van der Waals surface area contributed by atoms with Gasteiger partial charge in [-0.05, 0) is 32.9 Å². The Balaban J connectivity index is 0.00000324. The van der Waals surface area contributed by atoms with E-state index in [1.165, 1.54) is 12.1 Å². The Labute approximate surface area is 152 Å². The molecule has 1 aromatic carbocycles. The largest absolute Gasteiger partial charge is 1.00 e. The first-order valence-electron chi connectivity index (χ1n) is 5.38. The van der Waals surface area contributed by atoms with Crippen molar-refractivity contribution < 1.29 is 73.9 Å². The zero-order chi connectivity index (χ0) is 14.0. The van der Waals surface area contributed by atoms with Gasteiger partial charge in [0.15, 0.2) is 0 Å². The van der Waals surface area contributed by atoms with Crippen molar-refractivity contribution in [2.75, 3.05) is 5.32 Å². The van der Waals surface area contributed by atoms with Gasteiger partial charge in [0.05, 0.1) is 0 Å². The fraction of sp³-hybridized carbons (Fsp3) is 0.364. The van der Waals surface area contributed by atoms with E-state index >= 15 is 0 Å². The Bertz CT molecular complexity index is 429. The molecule has 0 atom stereocenters. The van der Waals surface area contributed by atoms with E-state index in [0.717, 1.165) is 12.1 Å². The van der Waals surface area contributed by atoms with Gasteiger partial charge in [0.25, 0.3) is 0 Å². The number of ether oxygens (including phenoxy) is 1. The van der Waals surface area contributed by atoms with Gasteiger partial charge < -0.3 is 17.7 Å². The number of hydrogen-bond acceptors (Lipinski definition) is 2. The molecule has 0 saturated carbocycles. The normalized spacial score (nSPS) is 11.5.